The Morgan fingerprint density at radius 1 is 1.35 bits per heavy atom. The van der Waals surface area contributed by atoms with Crippen molar-refractivity contribution in [1.82, 2.24) is 5.32 Å². The van der Waals surface area contributed by atoms with Crippen LogP contribution in [-0.2, 0) is 17.8 Å². The van der Waals surface area contributed by atoms with Gasteiger partial charge in [0.15, 0.2) is 0 Å². The molecule has 0 saturated carbocycles. The van der Waals surface area contributed by atoms with Crippen LogP contribution in [-0.4, -0.2) is 18.2 Å². The van der Waals surface area contributed by atoms with Gasteiger partial charge in [-0.3, -0.25) is 4.79 Å². The molecule has 23 heavy (non-hydrogen) atoms. The first kappa shape index (κ1) is 15.8. The van der Waals surface area contributed by atoms with Crippen LogP contribution in [0.2, 0.25) is 5.02 Å². The van der Waals surface area contributed by atoms with Crippen LogP contribution in [0.4, 0.5) is 0 Å². The van der Waals surface area contributed by atoms with Gasteiger partial charge in [-0.05, 0) is 35.2 Å². The van der Waals surface area contributed by atoms with Gasteiger partial charge in [-0.2, -0.15) is 0 Å². The summed E-state index contributed by atoms with van der Waals surface area (Å²) >= 11 is 6.14. The van der Waals surface area contributed by atoms with Crippen molar-refractivity contribution in [3.63, 3.8) is 0 Å². The summed E-state index contributed by atoms with van der Waals surface area (Å²) in [6.45, 7) is 0.548. The second-order valence-corrected chi connectivity index (χ2v) is 6.08. The molecule has 2 atom stereocenters. The zero-order valence-corrected chi connectivity index (χ0v) is 13.5. The zero-order valence-electron chi connectivity index (χ0n) is 12.8. The lowest BCUT2D eigenvalue weighted by molar-refractivity contribution is -0.142. The molecule has 2 N–H and O–H groups in total. The molecule has 0 aliphatic heterocycles. The Morgan fingerprint density at radius 3 is 2.83 bits per heavy atom. The molecule has 4 nitrogen and oxygen atoms in total. The highest BCUT2D eigenvalue weighted by Gasteiger charge is 2.36. The summed E-state index contributed by atoms with van der Waals surface area (Å²) in [5.74, 6) is -0.586. The molecule has 0 amide bonds. The number of halogens is 1. The van der Waals surface area contributed by atoms with Gasteiger partial charge in [0.1, 0.15) is 5.75 Å². The average molecular weight is 332 g/mol. The minimum atomic E-state index is -0.772. The largest absolute Gasteiger partial charge is 0.495 e. The van der Waals surface area contributed by atoms with E-state index in [-0.39, 0.29) is 6.04 Å². The van der Waals surface area contributed by atoms with Gasteiger partial charge in [0.2, 0.25) is 0 Å². The second kappa shape index (κ2) is 6.60. The number of hydrogen-bond donors (Lipinski definition) is 2. The van der Waals surface area contributed by atoms with Crippen molar-refractivity contribution in [2.45, 2.75) is 19.0 Å². The van der Waals surface area contributed by atoms with Crippen LogP contribution in [0.1, 0.15) is 22.7 Å². The molecule has 1 aliphatic carbocycles. The third-order valence-electron chi connectivity index (χ3n) is 4.29. The molecular formula is C18H18ClNO3. The van der Waals surface area contributed by atoms with E-state index in [2.05, 4.69) is 5.32 Å². The Balaban J connectivity index is 1.78. The van der Waals surface area contributed by atoms with Crippen molar-refractivity contribution in [3.05, 3.63) is 64.2 Å². The van der Waals surface area contributed by atoms with E-state index >= 15 is 0 Å². The van der Waals surface area contributed by atoms with E-state index < -0.39 is 11.9 Å². The molecule has 0 unspecified atom stereocenters. The molecule has 0 spiro atoms. The topological polar surface area (TPSA) is 58.6 Å². The number of methoxy groups -OCH3 is 1. The highest BCUT2D eigenvalue weighted by atomic mass is 35.5. The van der Waals surface area contributed by atoms with Crippen molar-refractivity contribution in [3.8, 4) is 5.75 Å². The van der Waals surface area contributed by atoms with E-state index in [1.165, 1.54) is 0 Å². The van der Waals surface area contributed by atoms with Crippen LogP contribution in [0.15, 0.2) is 42.5 Å². The quantitative estimate of drug-likeness (QED) is 0.881. The molecule has 0 saturated heterocycles. The van der Waals surface area contributed by atoms with Crippen LogP contribution in [0.3, 0.4) is 0 Å². The summed E-state index contributed by atoms with van der Waals surface area (Å²) < 4.78 is 5.14. The fourth-order valence-corrected chi connectivity index (χ4v) is 3.41. The zero-order chi connectivity index (χ0) is 16.4. The number of nitrogens with one attached hydrogen (secondary N) is 1. The van der Waals surface area contributed by atoms with Crippen molar-refractivity contribution in [2.24, 2.45) is 5.92 Å². The molecule has 0 heterocycles. The van der Waals surface area contributed by atoms with Crippen LogP contribution in [0, 0.1) is 5.92 Å². The molecule has 120 valence electrons. The molecule has 2 aromatic carbocycles. The predicted octanol–water partition coefficient (Wildman–Crippen LogP) is 3.44. The van der Waals surface area contributed by atoms with Gasteiger partial charge in [0.25, 0.3) is 0 Å². The number of benzene rings is 2. The molecule has 2 aromatic rings. The predicted molar refractivity (Wildman–Crippen MR) is 88.9 cm³/mol. The molecule has 0 aromatic heterocycles. The number of carboxylic acids is 1. The van der Waals surface area contributed by atoms with Gasteiger partial charge in [-0.1, -0.05) is 41.9 Å². The monoisotopic (exact) mass is 331 g/mol. The van der Waals surface area contributed by atoms with Gasteiger partial charge < -0.3 is 15.2 Å². The van der Waals surface area contributed by atoms with Crippen molar-refractivity contribution in [2.75, 3.05) is 7.11 Å². The maximum absolute atomic E-state index is 11.6. The van der Waals surface area contributed by atoms with Crippen LogP contribution < -0.4 is 10.1 Å². The highest BCUT2D eigenvalue weighted by molar-refractivity contribution is 6.32. The fraction of sp³-hybridized carbons (Fsp3) is 0.278. The number of carbonyl (C=O) groups is 1. The molecule has 0 bridgehead atoms. The van der Waals surface area contributed by atoms with Gasteiger partial charge in [-0.15, -0.1) is 0 Å². The van der Waals surface area contributed by atoms with E-state index in [0.29, 0.717) is 23.7 Å². The standard InChI is InChI=1S/C18H18ClNO3/c1-23-16-7-6-11(8-15(16)19)10-20-17-13-5-3-2-4-12(13)9-14(17)18(21)22/h2-8,14,17,20H,9-10H2,1H3,(H,21,22)/t14-,17+/m1/s1. The van der Waals surface area contributed by atoms with Crippen molar-refractivity contribution < 1.29 is 14.6 Å². The lowest BCUT2D eigenvalue weighted by Gasteiger charge is -2.19. The van der Waals surface area contributed by atoms with E-state index in [4.69, 9.17) is 16.3 Å². The van der Waals surface area contributed by atoms with Crippen LogP contribution >= 0.6 is 11.6 Å². The van der Waals surface area contributed by atoms with Crippen LogP contribution in [0.5, 0.6) is 5.75 Å². The Labute approximate surface area is 140 Å². The number of hydrogen-bond acceptors (Lipinski definition) is 3. The van der Waals surface area contributed by atoms with Gasteiger partial charge in [0, 0.05) is 12.6 Å². The lowest BCUT2D eigenvalue weighted by atomic mass is 10.0. The number of fused-ring (bicyclic) bond motifs is 1. The molecule has 0 radical (unpaired) electrons. The van der Waals surface area contributed by atoms with Crippen molar-refractivity contribution >= 4 is 17.6 Å². The Bertz CT molecular complexity index is 732. The minimum Gasteiger partial charge on any atom is -0.495 e. The fourth-order valence-electron chi connectivity index (χ4n) is 3.12. The van der Waals surface area contributed by atoms with Gasteiger partial charge in [0.05, 0.1) is 18.1 Å². The van der Waals surface area contributed by atoms with E-state index in [1.807, 2.05) is 42.5 Å². The van der Waals surface area contributed by atoms with Gasteiger partial charge >= 0.3 is 5.97 Å². The summed E-state index contributed by atoms with van der Waals surface area (Å²) in [7, 11) is 1.58. The summed E-state index contributed by atoms with van der Waals surface area (Å²) in [6, 6.07) is 13.3. The summed E-state index contributed by atoms with van der Waals surface area (Å²) in [5, 5.41) is 13.4. The molecule has 3 rings (SSSR count). The molecule has 5 heteroatoms. The first-order chi connectivity index (χ1) is 11.1. The Hall–Kier alpha value is -2.04. The summed E-state index contributed by atoms with van der Waals surface area (Å²) in [4.78, 5) is 11.6. The molecule has 1 aliphatic rings. The second-order valence-electron chi connectivity index (χ2n) is 5.68. The smallest absolute Gasteiger partial charge is 0.308 e. The number of ether oxygens (including phenoxy) is 1. The minimum absolute atomic E-state index is 0.190. The normalized spacial score (nSPS) is 19.4. The molecular weight excluding hydrogens is 314 g/mol. The summed E-state index contributed by atoms with van der Waals surface area (Å²) in [5.41, 5.74) is 3.16. The number of rotatable bonds is 5. The maximum atomic E-state index is 11.6. The van der Waals surface area contributed by atoms with Crippen molar-refractivity contribution in [1.29, 1.82) is 0 Å². The molecule has 0 fully saturated rings. The third kappa shape index (κ3) is 3.19. The average Bonchev–Trinajstić information content (AvgIpc) is 2.92. The Morgan fingerprint density at radius 2 is 2.13 bits per heavy atom. The third-order valence-corrected chi connectivity index (χ3v) is 4.59. The van der Waals surface area contributed by atoms with E-state index in [9.17, 15) is 9.90 Å². The number of aliphatic carboxylic acids is 1. The van der Waals surface area contributed by atoms with E-state index in [0.717, 1.165) is 16.7 Å². The first-order valence-corrected chi connectivity index (χ1v) is 7.84. The van der Waals surface area contributed by atoms with E-state index in [1.54, 1.807) is 7.11 Å². The lowest BCUT2D eigenvalue weighted by Crippen LogP contribution is -2.29. The van der Waals surface area contributed by atoms with Gasteiger partial charge in [-0.25, -0.2) is 0 Å². The van der Waals surface area contributed by atoms with Crippen LogP contribution in [0.25, 0.3) is 0 Å². The highest BCUT2D eigenvalue weighted by Crippen LogP contribution is 2.36. The first-order valence-electron chi connectivity index (χ1n) is 7.46. The summed E-state index contributed by atoms with van der Waals surface area (Å²) in [6.07, 6.45) is 0.562. The Kier molecular flexibility index (Phi) is 4.55. The number of carboxylic acid groups (broad SMARTS) is 1. The maximum Gasteiger partial charge on any atom is 0.308 e. The SMILES string of the molecule is COc1ccc(CN[C@H]2c3ccccc3C[C@H]2C(=O)O)cc1Cl.